The van der Waals surface area contributed by atoms with Crippen LogP contribution in [0.4, 0.5) is 11.8 Å². The number of nitrogens with two attached hydrogens (primary N) is 1. The molecule has 2 rings (SSSR count). The van der Waals surface area contributed by atoms with Gasteiger partial charge in [0, 0.05) is 25.8 Å². The van der Waals surface area contributed by atoms with E-state index in [1.165, 1.54) is 0 Å². The summed E-state index contributed by atoms with van der Waals surface area (Å²) in [5, 5.41) is 9.51. The average Bonchev–Trinajstić information content (AvgIpc) is 2.28. The van der Waals surface area contributed by atoms with Crippen molar-refractivity contribution in [3.05, 3.63) is 11.2 Å². The number of rotatable bonds is 2. The van der Waals surface area contributed by atoms with Crippen LogP contribution in [-0.4, -0.2) is 34.8 Å². The molecule has 1 fully saturated rings. The largest absolute Gasteiger partial charge is 0.396 e. The van der Waals surface area contributed by atoms with E-state index in [4.69, 9.17) is 22.4 Å². The Kier molecular flexibility index (Phi) is 3.46. The highest BCUT2D eigenvalue weighted by Gasteiger charge is 2.20. The van der Waals surface area contributed by atoms with E-state index in [1.54, 1.807) is 6.07 Å². The lowest BCUT2D eigenvalue weighted by atomic mass is 9.99. The predicted molar refractivity (Wildman–Crippen MR) is 63.5 cm³/mol. The zero-order chi connectivity index (χ0) is 11.5. The summed E-state index contributed by atoms with van der Waals surface area (Å²) in [5.74, 6) is 1.24. The topological polar surface area (TPSA) is 75.3 Å². The van der Waals surface area contributed by atoms with Gasteiger partial charge in [-0.1, -0.05) is 11.6 Å². The highest BCUT2D eigenvalue weighted by Crippen LogP contribution is 2.23. The number of piperidine rings is 1. The van der Waals surface area contributed by atoms with Gasteiger partial charge in [0.25, 0.3) is 0 Å². The molecule has 0 amide bonds. The second-order valence-electron chi connectivity index (χ2n) is 4.04. The van der Waals surface area contributed by atoms with Gasteiger partial charge >= 0.3 is 0 Å². The Hall–Kier alpha value is -1.07. The lowest BCUT2D eigenvalue weighted by Gasteiger charge is -2.32. The van der Waals surface area contributed by atoms with Crippen LogP contribution >= 0.6 is 11.6 Å². The first kappa shape index (κ1) is 11.4. The smallest absolute Gasteiger partial charge is 0.223 e. The number of aliphatic hydroxyl groups excluding tert-OH is 1. The van der Waals surface area contributed by atoms with Gasteiger partial charge in [-0.05, 0) is 18.8 Å². The number of halogens is 1. The van der Waals surface area contributed by atoms with Gasteiger partial charge in [0.05, 0.1) is 0 Å². The molecule has 1 aromatic rings. The molecule has 88 valence electrons. The third-order valence-electron chi connectivity index (χ3n) is 2.80. The van der Waals surface area contributed by atoms with Crippen molar-refractivity contribution in [2.24, 2.45) is 5.92 Å². The van der Waals surface area contributed by atoms with Crippen LogP contribution < -0.4 is 10.6 Å². The third kappa shape index (κ3) is 2.54. The van der Waals surface area contributed by atoms with Crippen LogP contribution in [-0.2, 0) is 0 Å². The summed E-state index contributed by atoms with van der Waals surface area (Å²) >= 11 is 5.83. The van der Waals surface area contributed by atoms with E-state index < -0.39 is 0 Å². The number of nitrogens with zero attached hydrogens (tertiary/aromatic N) is 3. The normalized spacial score (nSPS) is 21.1. The summed E-state index contributed by atoms with van der Waals surface area (Å²) in [5.41, 5.74) is 5.55. The van der Waals surface area contributed by atoms with Gasteiger partial charge in [-0.2, -0.15) is 4.98 Å². The summed E-state index contributed by atoms with van der Waals surface area (Å²) in [7, 11) is 0. The average molecular weight is 243 g/mol. The molecule has 2 heterocycles. The summed E-state index contributed by atoms with van der Waals surface area (Å²) in [6, 6.07) is 1.71. The van der Waals surface area contributed by atoms with Crippen LogP contribution in [0.1, 0.15) is 12.8 Å². The van der Waals surface area contributed by atoms with E-state index in [0.29, 0.717) is 11.1 Å². The first-order valence-corrected chi connectivity index (χ1v) is 5.72. The van der Waals surface area contributed by atoms with Crippen molar-refractivity contribution in [2.45, 2.75) is 12.8 Å². The number of nitrogen functional groups attached to an aromatic ring is 1. The minimum Gasteiger partial charge on any atom is -0.396 e. The van der Waals surface area contributed by atoms with Crippen LogP contribution in [0.5, 0.6) is 0 Å². The Morgan fingerprint density at radius 2 is 2.38 bits per heavy atom. The van der Waals surface area contributed by atoms with Crippen molar-refractivity contribution in [3.8, 4) is 0 Å². The van der Waals surface area contributed by atoms with Gasteiger partial charge in [0.1, 0.15) is 11.0 Å². The maximum absolute atomic E-state index is 9.15. The lowest BCUT2D eigenvalue weighted by Crippen LogP contribution is -2.37. The standard InChI is InChI=1S/C10H15ClN4O/c11-8-4-9(14-10(12)13-8)15-3-1-2-7(5-15)6-16/h4,7,16H,1-3,5-6H2,(H2,12,13,14)/t7-/m0/s1. The van der Waals surface area contributed by atoms with Crippen molar-refractivity contribution in [1.82, 2.24) is 9.97 Å². The minimum atomic E-state index is 0.189. The van der Waals surface area contributed by atoms with E-state index >= 15 is 0 Å². The molecule has 1 saturated heterocycles. The highest BCUT2D eigenvalue weighted by atomic mass is 35.5. The van der Waals surface area contributed by atoms with Crippen molar-refractivity contribution < 1.29 is 5.11 Å². The van der Waals surface area contributed by atoms with Gasteiger partial charge < -0.3 is 15.7 Å². The van der Waals surface area contributed by atoms with Crippen molar-refractivity contribution in [3.63, 3.8) is 0 Å². The molecule has 1 aromatic heterocycles. The fourth-order valence-corrected chi connectivity index (χ4v) is 2.19. The fourth-order valence-electron chi connectivity index (χ4n) is 2.01. The summed E-state index contributed by atoms with van der Waals surface area (Å²) < 4.78 is 0. The third-order valence-corrected chi connectivity index (χ3v) is 2.99. The molecular weight excluding hydrogens is 228 g/mol. The molecule has 16 heavy (non-hydrogen) atoms. The second kappa shape index (κ2) is 4.84. The summed E-state index contributed by atoms with van der Waals surface area (Å²) in [6.45, 7) is 1.93. The molecule has 5 nitrogen and oxygen atoms in total. The van der Waals surface area contributed by atoms with Gasteiger partial charge in [-0.3, -0.25) is 0 Å². The van der Waals surface area contributed by atoms with Crippen LogP contribution in [0.3, 0.4) is 0 Å². The molecule has 3 N–H and O–H groups in total. The van der Waals surface area contributed by atoms with Crippen molar-refractivity contribution >= 4 is 23.4 Å². The Morgan fingerprint density at radius 1 is 1.56 bits per heavy atom. The van der Waals surface area contributed by atoms with Crippen LogP contribution in [0.2, 0.25) is 5.15 Å². The molecule has 0 aliphatic carbocycles. The van der Waals surface area contributed by atoms with Gasteiger partial charge in [0.15, 0.2) is 0 Å². The number of hydrogen-bond acceptors (Lipinski definition) is 5. The summed E-state index contributed by atoms with van der Waals surface area (Å²) in [6.07, 6.45) is 2.11. The molecule has 1 aliphatic heterocycles. The summed E-state index contributed by atoms with van der Waals surface area (Å²) in [4.78, 5) is 10.1. The SMILES string of the molecule is Nc1nc(Cl)cc(N2CCC[C@H](CO)C2)n1. The molecule has 1 aliphatic rings. The lowest BCUT2D eigenvalue weighted by molar-refractivity contribution is 0.208. The monoisotopic (exact) mass is 242 g/mol. The van der Waals surface area contributed by atoms with Gasteiger partial charge in [0.2, 0.25) is 5.95 Å². The Bertz CT molecular complexity index is 354. The van der Waals surface area contributed by atoms with Gasteiger partial charge in [-0.15, -0.1) is 0 Å². The van der Waals surface area contributed by atoms with E-state index in [2.05, 4.69) is 14.9 Å². The van der Waals surface area contributed by atoms with E-state index in [1.807, 2.05) is 0 Å². The highest BCUT2D eigenvalue weighted by molar-refractivity contribution is 6.29. The molecule has 1 atom stereocenters. The first-order chi connectivity index (χ1) is 7.69. The maximum Gasteiger partial charge on any atom is 0.223 e. The van der Waals surface area contributed by atoms with Crippen molar-refractivity contribution in [1.29, 1.82) is 0 Å². The Balaban J connectivity index is 2.16. The predicted octanol–water partition coefficient (Wildman–Crippen LogP) is 0.921. The number of aromatic nitrogens is 2. The number of aliphatic hydroxyl groups is 1. The molecular formula is C10H15ClN4O. The second-order valence-corrected chi connectivity index (χ2v) is 4.43. The first-order valence-electron chi connectivity index (χ1n) is 5.35. The molecule has 0 radical (unpaired) electrons. The van der Waals surface area contributed by atoms with Gasteiger partial charge in [-0.25, -0.2) is 4.98 Å². The quantitative estimate of drug-likeness (QED) is 0.755. The number of hydrogen-bond donors (Lipinski definition) is 2. The maximum atomic E-state index is 9.15. The van der Waals surface area contributed by atoms with E-state index in [0.717, 1.165) is 31.7 Å². The Morgan fingerprint density at radius 3 is 3.06 bits per heavy atom. The molecule has 0 spiro atoms. The van der Waals surface area contributed by atoms with E-state index in [9.17, 15) is 0 Å². The van der Waals surface area contributed by atoms with E-state index in [-0.39, 0.29) is 12.6 Å². The fraction of sp³-hybridized carbons (Fsp3) is 0.600. The molecule has 0 unspecified atom stereocenters. The Labute approximate surface area is 99.3 Å². The van der Waals surface area contributed by atoms with Crippen LogP contribution in [0.25, 0.3) is 0 Å². The van der Waals surface area contributed by atoms with Crippen LogP contribution in [0.15, 0.2) is 6.07 Å². The molecule has 0 saturated carbocycles. The van der Waals surface area contributed by atoms with Crippen LogP contribution in [0, 0.1) is 5.92 Å². The molecule has 0 aromatic carbocycles. The zero-order valence-electron chi connectivity index (χ0n) is 8.93. The zero-order valence-corrected chi connectivity index (χ0v) is 9.69. The minimum absolute atomic E-state index is 0.189. The molecule has 0 bridgehead atoms. The molecule has 6 heteroatoms. The number of anilines is 2. The van der Waals surface area contributed by atoms with Crippen molar-refractivity contribution in [2.75, 3.05) is 30.3 Å².